The zero-order valence-electron chi connectivity index (χ0n) is 8.51. The highest BCUT2D eigenvalue weighted by atomic mass is 16.5. The van der Waals surface area contributed by atoms with Gasteiger partial charge in [-0.3, -0.25) is 0 Å². The average Bonchev–Trinajstić information content (AvgIpc) is 2.96. The van der Waals surface area contributed by atoms with Crippen LogP contribution in [0.15, 0.2) is 39.5 Å². The molecule has 3 aromatic rings. The van der Waals surface area contributed by atoms with E-state index in [-0.39, 0.29) is 0 Å². The number of fused-ring (bicyclic) bond motifs is 1. The second kappa shape index (κ2) is 3.37. The van der Waals surface area contributed by atoms with Crippen molar-refractivity contribution in [1.29, 1.82) is 0 Å². The Balaban J connectivity index is 2.16. The predicted molar refractivity (Wildman–Crippen MR) is 56.1 cm³/mol. The molecule has 3 rings (SSSR count). The third-order valence-corrected chi connectivity index (χ3v) is 2.21. The number of ether oxygens (including phenoxy) is 1. The molecular weight excluding hydrogens is 208 g/mol. The van der Waals surface area contributed by atoms with Crippen LogP contribution in [0, 0.1) is 0 Å². The van der Waals surface area contributed by atoms with Crippen molar-refractivity contribution in [2.24, 2.45) is 0 Å². The van der Waals surface area contributed by atoms with Crippen molar-refractivity contribution in [2.75, 3.05) is 7.11 Å². The summed E-state index contributed by atoms with van der Waals surface area (Å²) in [6, 6.07) is 5.41. The molecule has 0 amide bonds. The number of methoxy groups -OCH3 is 1. The number of benzene rings is 1. The van der Waals surface area contributed by atoms with Gasteiger partial charge in [0.2, 0.25) is 0 Å². The smallest absolute Gasteiger partial charge is 0.284 e. The number of hydrogen-bond acceptors (Lipinski definition) is 5. The van der Waals surface area contributed by atoms with Gasteiger partial charge in [0.25, 0.3) is 11.8 Å². The van der Waals surface area contributed by atoms with Crippen molar-refractivity contribution in [3.8, 4) is 17.5 Å². The van der Waals surface area contributed by atoms with Crippen LogP contribution >= 0.6 is 0 Å². The van der Waals surface area contributed by atoms with Gasteiger partial charge in [-0.05, 0) is 12.1 Å². The van der Waals surface area contributed by atoms with E-state index in [1.54, 1.807) is 25.4 Å². The Labute approximate surface area is 90.7 Å². The van der Waals surface area contributed by atoms with Gasteiger partial charge in [-0.2, -0.15) is 0 Å². The molecule has 0 aliphatic heterocycles. The van der Waals surface area contributed by atoms with Gasteiger partial charge in [0.1, 0.15) is 17.5 Å². The van der Waals surface area contributed by atoms with Crippen LogP contribution in [0.2, 0.25) is 0 Å². The standard InChI is InChI=1S/C11H8N2O3/c1-14-7-2-3-9-8(6-7)13-11(16-9)10-12-4-5-15-10/h2-6H,1H3. The van der Waals surface area contributed by atoms with Crippen molar-refractivity contribution in [1.82, 2.24) is 9.97 Å². The highest BCUT2D eigenvalue weighted by Crippen LogP contribution is 2.25. The van der Waals surface area contributed by atoms with Gasteiger partial charge in [0.15, 0.2) is 5.58 Å². The largest absolute Gasteiger partial charge is 0.497 e. The number of oxazole rings is 2. The lowest BCUT2D eigenvalue weighted by Crippen LogP contribution is -1.81. The van der Waals surface area contributed by atoms with E-state index in [1.165, 1.54) is 6.26 Å². The second-order valence-corrected chi connectivity index (χ2v) is 3.19. The van der Waals surface area contributed by atoms with Crippen LogP contribution in [-0.4, -0.2) is 17.1 Å². The van der Waals surface area contributed by atoms with Crippen LogP contribution in [0.3, 0.4) is 0 Å². The van der Waals surface area contributed by atoms with Crippen LogP contribution in [0.25, 0.3) is 22.9 Å². The summed E-state index contributed by atoms with van der Waals surface area (Å²) in [7, 11) is 1.61. The molecule has 0 spiro atoms. The molecule has 0 aliphatic rings. The van der Waals surface area contributed by atoms with Gasteiger partial charge >= 0.3 is 0 Å². The van der Waals surface area contributed by atoms with Crippen molar-refractivity contribution in [2.45, 2.75) is 0 Å². The first-order valence-corrected chi connectivity index (χ1v) is 4.71. The Morgan fingerprint density at radius 1 is 1.25 bits per heavy atom. The highest BCUT2D eigenvalue weighted by Gasteiger charge is 2.12. The zero-order valence-corrected chi connectivity index (χ0v) is 8.51. The average molecular weight is 216 g/mol. The molecular formula is C11H8N2O3. The third kappa shape index (κ3) is 1.33. The molecule has 0 aliphatic carbocycles. The second-order valence-electron chi connectivity index (χ2n) is 3.19. The normalized spacial score (nSPS) is 10.8. The molecule has 80 valence electrons. The van der Waals surface area contributed by atoms with E-state index in [9.17, 15) is 0 Å². The molecule has 0 fully saturated rings. The van der Waals surface area contributed by atoms with Crippen molar-refractivity contribution >= 4 is 11.1 Å². The van der Waals surface area contributed by atoms with Gasteiger partial charge in [-0.25, -0.2) is 9.97 Å². The summed E-state index contributed by atoms with van der Waals surface area (Å²) in [4.78, 5) is 8.23. The fourth-order valence-electron chi connectivity index (χ4n) is 1.45. The van der Waals surface area contributed by atoms with E-state index in [2.05, 4.69) is 9.97 Å². The maximum Gasteiger partial charge on any atom is 0.284 e. The Morgan fingerprint density at radius 2 is 2.19 bits per heavy atom. The van der Waals surface area contributed by atoms with E-state index in [0.29, 0.717) is 22.9 Å². The molecule has 2 aromatic heterocycles. The maximum absolute atomic E-state index is 5.49. The van der Waals surface area contributed by atoms with E-state index in [4.69, 9.17) is 13.6 Å². The lowest BCUT2D eigenvalue weighted by atomic mass is 10.3. The minimum Gasteiger partial charge on any atom is -0.497 e. The van der Waals surface area contributed by atoms with Crippen LogP contribution in [0.4, 0.5) is 0 Å². The van der Waals surface area contributed by atoms with Crippen molar-refractivity contribution in [3.63, 3.8) is 0 Å². The van der Waals surface area contributed by atoms with Crippen LogP contribution in [-0.2, 0) is 0 Å². The molecule has 1 aromatic carbocycles. The summed E-state index contributed by atoms with van der Waals surface area (Å²) in [5, 5.41) is 0. The summed E-state index contributed by atoms with van der Waals surface area (Å²) in [5.74, 6) is 1.48. The molecule has 5 nitrogen and oxygen atoms in total. The molecule has 0 unspecified atom stereocenters. The number of nitrogens with zero attached hydrogens (tertiary/aromatic N) is 2. The zero-order chi connectivity index (χ0) is 11.0. The summed E-state index contributed by atoms with van der Waals surface area (Å²) >= 11 is 0. The number of rotatable bonds is 2. The minimum absolute atomic E-state index is 0.369. The molecule has 0 radical (unpaired) electrons. The molecule has 0 saturated carbocycles. The van der Waals surface area contributed by atoms with E-state index < -0.39 is 0 Å². The number of hydrogen-bond donors (Lipinski definition) is 0. The van der Waals surface area contributed by atoms with Crippen molar-refractivity contribution in [3.05, 3.63) is 30.7 Å². The molecule has 16 heavy (non-hydrogen) atoms. The summed E-state index contributed by atoms with van der Waals surface area (Å²) in [6.07, 6.45) is 3.02. The monoisotopic (exact) mass is 216 g/mol. The van der Waals surface area contributed by atoms with Gasteiger partial charge in [0.05, 0.1) is 13.3 Å². The van der Waals surface area contributed by atoms with Gasteiger partial charge in [-0.1, -0.05) is 0 Å². The van der Waals surface area contributed by atoms with Gasteiger partial charge < -0.3 is 13.6 Å². The van der Waals surface area contributed by atoms with E-state index in [0.717, 1.165) is 5.75 Å². The fraction of sp³-hybridized carbons (Fsp3) is 0.0909. The maximum atomic E-state index is 5.49. The first-order valence-electron chi connectivity index (χ1n) is 4.71. The Bertz CT molecular complexity index is 613. The number of aromatic nitrogens is 2. The highest BCUT2D eigenvalue weighted by molar-refractivity contribution is 5.76. The van der Waals surface area contributed by atoms with E-state index >= 15 is 0 Å². The Hall–Kier alpha value is -2.30. The Morgan fingerprint density at radius 3 is 2.94 bits per heavy atom. The summed E-state index contributed by atoms with van der Waals surface area (Å²) in [6.45, 7) is 0. The fourth-order valence-corrected chi connectivity index (χ4v) is 1.45. The predicted octanol–water partition coefficient (Wildman–Crippen LogP) is 2.49. The first-order chi connectivity index (χ1) is 7.86. The van der Waals surface area contributed by atoms with Gasteiger partial charge in [-0.15, -0.1) is 0 Å². The SMILES string of the molecule is COc1ccc2oc(-c3ncco3)nc2c1. The quantitative estimate of drug-likeness (QED) is 0.658. The summed E-state index contributed by atoms with van der Waals surface area (Å²) < 4.78 is 15.7. The van der Waals surface area contributed by atoms with Crippen LogP contribution in [0.5, 0.6) is 5.75 Å². The first kappa shape index (κ1) is 8.96. The Kier molecular flexibility index (Phi) is 1.89. The molecule has 2 heterocycles. The molecule has 5 heteroatoms. The topological polar surface area (TPSA) is 61.3 Å². The lowest BCUT2D eigenvalue weighted by molar-refractivity contribution is 0.415. The third-order valence-electron chi connectivity index (χ3n) is 2.21. The summed E-state index contributed by atoms with van der Waals surface area (Å²) in [5.41, 5.74) is 1.39. The lowest BCUT2D eigenvalue weighted by Gasteiger charge is -1.95. The van der Waals surface area contributed by atoms with Crippen molar-refractivity contribution < 1.29 is 13.6 Å². The van der Waals surface area contributed by atoms with Crippen LogP contribution in [0.1, 0.15) is 0 Å². The molecule has 0 atom stereocenters. The van der Waals surface area contributed by atoms with Crippen LogP contribution < -0.4 is 4.74 Å². The van der Waals surface area contributed by atoms with Gasteiger partial charge in [0, 0.05) is 6.07 Å². The van der Waals surface area contributed by atoms with E-state index in [1.807, 2.05) is 6.07 Å². The minimum atomic E-state index is 0.369. The molecule has 0 N–H and O–H groups in total. The molecule has 0 saturated heterocycles. The molecule has 0 bridgehead atoms.